The molecule has 2 aliphatic carbocycles. The van der Waals surface area contributed by atoms with Gasteiger partial charge in [-0.05, 0) is 276 Å². The first kappa shape index (κ1) is 70.8. The molecule has 0 amide bonds. The van der Waals surface area contributed by atoms with E-state index in [2.05, 4.69) is 450 Å². The number of nitrogens with zero attached hydrogens (tertiary/aromatic N) is 2. The van der Waals surface area contributed by atoms with Crippen LogP contribution in [-0.4, -0.2) is 0 Å². The number of hydrogen-bond donors (Lipinski definition) is 0. The van der Waals surface area contributed by atoms with E-state index in [9.17, 15) is 0 Å². The molecule has 122 heavy (non-hydrogen) atoms. The summed E-state index contributed by atoms with van der Waals surface area (Å²) in [5.41, 5.74) is 36.1. The average Bonchev–Trinajstić information content (AvgIpc) is 1.61. The molecule has 24 rings (SSSR count). The molecule has 0 unspecified atom stereocenters. The number of fused-ring (bicyclic) bond motifs is 16. The van der Waals surface area contributed by atoms with Gasteiger partial charge in [0.25, 0.3) is 0 Å². The Labute approximate surface area is 708 Å². The highest BCUT2D eigenvalue weighted by atomic mass is 16.3. The molecule has 0 atom stereocenters. The summed E-state index contributed by atoms with van der Waals surface area (Å²) in [6.45, 7) is 9.57. The Morgan fingerprint density at radius 1 is 0.189 bits per heavy atom. The van der Waals surface area contributed by atoms with Gasteiger partial charge < -0.3 is 18.6 Å². The summed E-state index contributed by atoms with van der Waals surface area (Å²) in [5.74, 6) is 0. The number of para-hydroxylation sites is 2. The smallest absolute Gasteiger partial charge is 0.136 e. The maximum Gasteiger partial charge on any atom is 0.136 e. The summed E-state index contributed by atoms with van der Waals surface area (Å²) >= 11 is 0. The van der Waals surface area contributed by atoms with E-state index in [1.807, 2.05) is 0 Å². The predicted octanol–water partition coefficient (Wildman–Crippen LogP) is 33.3. The van der Waals surface area contributed by atoms with Crippen LogP contribution in [0.2, 0.25) is 0 Å². The van der Waals surface area contributed by atoms with E-state index in [1.165, 1.54) is 110 Å². The van der Waals surface area contributed by atoms with Crippen molar-refractivity contribution in [2.45, 2.75) is 38.5 Å². The molecule has 0 radical (unpaired) electrons. The van der Waals surface area contributed by atoms with E-state index in [1.54, 1.807) is 0 Å². The van der Waals surface area contributed by atoms with Gasteiger partial charge in [-0.1, -0.05) is 319 Å². The highest BCUT2D eigenvalue weighted by Crippen LogP contribution is 2.56. The van der Waals surface area contributed by atoms with Crippen molar-refractivity contribution in [3.8, 4) is 100 Å². The molecule has 0 N–H and O–H groups in total. The van der Waals surface area contributed by atoms with Crippen LogP contribution in [0.5, 0.6) is 0 Å². The molecule has 0 fully saturated rings. The van der Waals surface area contributed by atoms with E-state index in [0.29, 0.717) is 0 Å². The van der Waals surface area contributed by atoms with Gasteiger partial charge in [0.1, 0.15) is 22.3 Å². The molecule has 0 saturated heterocycles. The lowest BCUT2D eigenvalue weighted by molar-refractivity contribution is 0.660. The number of rotatable bonds is 13. The lowest BCUT2D eigenvalue weighted by Crippen LogP contribution is -2.16. The van der Waals surface area contributed by atoms with Crippen molar-refractivity contribution in [1.82, 2.24) is 0 Å². The van der Waals surface area contributed by atoms with Gasteiger partial charge >= 0.3 is 0 Å². The Morgan fingerprint density at radius 2 is 0.574 bits per heavy atom. The number of benzene rings is 20. The number of hydrogen-bond acceptors (Lipinski definition) is 4. The number of furan rings is 2. The summed E-state index contributed by atoms with van der Waals surface area (Å²) < 4.78 is 13.7. The van der Waals surface area contributed by atoms with E-state index in [4.69, 9.17) is 8.83 Å². The van der Waals surface area contributed by atoms with Gasteiger partial charge in [-0.15, -0.1) is 0 Å². The molecule has 20 aromatic carbocycles. The van der Waals surface area contributed by atoms with E-state index in [-0.39, 0.29) is 10.8 Å². The Kier molecular flexibility index (Phi) is 16.0. The van der Waals surface area contributed by atoms with Crippen LogP contribution >= 0.6 is 0 Å². The van der Waals surface area contributed by atoms with Gasteiger partial charge in [0.15, 0.2) is 0 Å². The van der Waals surface area contributed by atoms with Crippen LogP contribution in [0.15, 0.2) is 421 Å². The van der Waals surface area contributed by atoms with Crippen LogP contribution in [-0.2, 0) is 10.8 Å². The van der Waals surface area contributed by atoms with Crippen molar-refractivity contribution < 1.29 is 8.83 Å². The first-order valence-corrected chi connectivity index (χ1v) is 42.4. The van der Waals surface area contributed by atoms with Crippen LogP contribution in [0.25, 0.3) is 187 Å². The van der Waals surface area contributed by atoms with Crippen LogP contribution < -0.4 is 9.80 Å². The van der Waals surface area contributed by atoms with Gasteiger partial charge in [0.05, 0.1) is 11.4 Å². The molecule has 0 saturated carbocycles. The highest BCUT2D eigenvalue weighted by molar-refractivity contribution is 6.19. The zero-order valence-electron chi connectivity index (χ0n) is 68.0. The zero-order chi connectivity index (χ0) is 81.1. The molecule has 22 aromatic rings. The molecule has 0 aliphatic heterocycles. The maximum atomic E-state index is 6.96. The molecular weight excluding hydrogens is 1480 g/mol. The molecule has 4 heteroatoms. The summed E-state index contributed by atoms with van der Waals surface area (Å²) in [7, 11) is 0. The summed E-state index contributed by atoms with van der Waals surface area (Å²) in [6, 6.07) is 153. The first-order valence-electron chi connectivity index (χ1n) is 42.4. The molecular formula is C118H80N2O2. The van der Waals surface area contributed by atoms with E-state index < -0.39 is 0 Å². The minimum atomic E-state index is -0.340. The Bertz CT molecular complexity index is 8070. The topological polar surface area (TPSA) is 32.8 Å². The largest absolute Gasteiger partial charge is 0.456 e. The van der Waals surface area contributed by atoms with Gasteiger partial charge in [-0.2, -0.15) is 0 Å². The number of anilines is 6. The third-order valence-corrected chi connectivity index (χ3v) is 26.6. The van der Waals surface area contributed by atoms with Crippen LogP contribution in [0, 0.1) is 0 Å². The van der Waals surface area contributed by atoms with Gasteiger partial charge in [-0.3, -0.25) is 0 Å². The first-order chi connectivity index (χ1) is 59.9. The normalized spacial score (nSPS) is 13.0. The van der Waals surface area contributed by atoms with E-state index >= 15 is 0 Å². The fourth-order valence-corrected chi connectivity index (χ4v) is 20.6. The highest BCUT2D eigenvalue weighted by Gasteiger charge is 2.39. The van der Waals surface area contributed by atoms with Crippen LogP contribution in [0.4, 0.5) is 34.1 Å². The Balaban J connectivity index is 0.574. The Hall–Kier alpha value is -15.4. The van der Waals surface area contributed by atoms with Crippen LogP contribution in [0.3, 0.4) is 0 Å². The fourth-order valence-electron chi connectivity index (χ4n) is 20.6. The van der Waals surface area contributed by atoms with Crippen molar-refractivity contribution in [2.75, 3.05) is 9.80 Å². The van der Waals surface area contributed by atoms with Gasteiger partial charge in [-0.25, -0.2) is 0 Å². The van der Waals surface area contributed by atoms with Crippen LogP contribution in [0.1, 0.15) is 49.9 Å². The standard InChI is InChI=1S/C118H80N2O2/c1-117(2)105-39-14-11-31-95(105)96-63-61-91(72-107(96)117)120(90-57-50-76(51-58-90)93-34-18-27-75-23-9-10-30-92(75)93)109-41-16-13-33-99(109)101-37-21-43-111-115(101)104-68-87-66-84(46-47-86(87)71-113(104)122-111)85-54-62-97-102-38-19-35-94(116(102)118(3,4)106(97)69-85)77-52-59-89(60-53-77)119(88-55-48-74(49-56-88)79-28-17-29-80(64-79)83-45-44-73-22-5-6-24-78(73)65-83)108-40-15-12-32-98(108)100-36-20-42-110-114(100)103-67-81-25-7-8-26-82(81)70-112(103)121-110/h5-72H,1-4H3. The third-order valence-electron chi connectivity index (χ3n) is 26.6. The molecule has 0 bridgehead atoms. The van der Waals surface area contributed by atoms with Gasteiger partial charge in [0, 0.05) is 66.3 Å². The maximum absolute atomic E-state index is 6.96. The van der Waals surface area contributed by atoms with Crippen molar-refractivity contribution in [2.24, 2.45) is 0 Å². The predicted molar refractivity (Wildman–Crippen MR) is 514 cm³/mol. The second-order valence-electron chi connectivity index (χ2n) is 34.2. The fraction of sp³-hybridized carbons (Fsp3) is 0.0508. The van der Waals surface area contributed by atoms with E-state index in [0.717, 1.165) is 133 Å². The van der Waals surface area contributed by atoms with Crippen molar-refractivity contribution in [1.29, 1.82) is 0 Å². The molecule has 2 aliphatic rings. The quantitative estimate of drug-likeness (QED) is 0.115. The van der Waals surface area contributed by atoms with Crippen molar-refractivity contribution in [3.63, 3.8) is 0 Å². The summed E-state index contributed by atoms with van der Waals surface area (Å²) in [4.78, 5) is 4.90. The van der Waals surface area contributed by atoms with Gasteiger partial charge in [0.2, 0.25) is 0 Å². The second-order valence-corrected chi connectivity index (χ2v) is 34.2. The molecule has 0 spiro atoms. The summed E-state index contributed by atoms with van der Waals surface area (Å²) in [5, 5.41) is 13.9. The van der Waals surface area contributed by atoms with Crippen molar-refractivity contribution >= 4 is 121 Å². The molecule has 574 valence electrons. The molecule has 2 aromatic heterocycles. The summed E-state index contributed by atoms with van der Waals surface area (Å²) in [6.07, 6.45) is 0. The molecule has 4 nitrogen and oxygen atoms in total. The average molecular weight is 1560 g/mol. The Morgan fingerprint density at radius 3 is 1.24 bits per heavy atom. The minimum Gasteiger partial charge on any atom is -0.456 e. The lowest BCUT2D eigenvalue weighted by Gasteiger charge is -2.30. The molecule has 2 heterocycles. The third kappa shape index (κ3) is 11.4. The monoisotopic (exact) mass is 1560 g/mol. The minimum absolute atomic E-state index is 0.194. The SMILES string of the molecule is CC1(C)c2ccccc2-c2ccc(N(c3ccc(-c4cccc5ccccc45)cc3)c3ccccc3-c3cccc4oc5cc6ccc(-c7ccc8c(c7)C(C)(C)c7c(-c9ccc(N(c%10ccc(-c%11cccc(-c%12ccc%13ccccc%13c%12)c%11)cc%10)c%10ccccc%10-c%10cccc%11oc%12cc%13ccccc%13cc%12c%10%11)cc9)cccc7-8)cc6cc5c34)cc21. The van der Waals surface area contributed by atoms with Crippen molar-refractivity contribution in [3.05, 3.63) is 435 Å². The lowest BCUT2D eigenvalue weighted by atomic mass is 9.78. The zero-order valence-corrected chi connectivity index (χ0v) is 68.0. The second kappa shape index (κ2) is 27.6.